The van der Waals surface area contributed by atoms with Crippen molar-refractivity contribution >= 4 is 0 Å². The van der Waals surface area contributed by atoms with Crippen LogP contribution in [0.1, 0.15) is 85.3 Å². The molecule has 0 radical (unpaired) electrons. The molecule has 0 saturated carbocycles. The lowest BCUT2D eigenvalue weighted by atomic mass is 9.78. The molecule has 2 aromatic rings. The van der Waals surface area contributed by atoms with Crippen LogP contribution in [-0.2, 0) is 5.41 Å². The van der Waals surface area contributed by atoms with Gasteiger partial charge in [0.25, 0.3) is 0 Å². The Balaban J connectivity index is 2.02. The van der Waals surface area contributed by atoms with Crippen LogP contribution >= 0.6 is 0 Å². The number of aliphatic hydroxyl groups is 1. The molecule has 0 fully saturated rings. The Morgan fingerprint density at radius 2 is 1.27 bits per heavy atom. The molecule has 0 aliphatic carbocycles. The van der Waals surface area contributed by atoms with Gasteiger partial charge in [-0.1, -0.05) is 65.8 Å². The predicted molar refractivity (Wildman–Crippen MR) is 138 cm³/mol. The highest BCUT2D eigenvalue weighted by Crippen LogP contribution is 2.34. The second-order valence-corrected chi connectivity index (χ2v) is 10.5. The molecule has 0 amide bonds. The zero-order valence-electron chi connectivity index (χ0n) is 21.8. The van der Waals surface area contributed by atoms with Gasteiger partial charge in [0.1, 0.15) is 23.7 Å². The van der Waals surface area contributed by atoms with Crippen LogP contribution in [-0.4, -0.2) is 30.0 Å². The van der Waals surface area contributed by atoms with Crippen LogP contribution in [0.2, 0.25) is 0 Å². The Hall–Kier alpha value is -2.04. The first-order valence-corrected chi connectivity index (χ1v) is 12.4. The summed E-state index contributed by atoms with van der Waals surface area (Å²) in [5.41, 5.74) is 7.97. The van der Waals surface area contributed by atoms with Crippen molar-refractivity contribution in [1.82, 2.24) is 0 Å². The van der Waals surface area contributed by atoms with E-state index in [1.807, 2.05) is 12.1 Å². The summed E-state index contributed by atoms with van der Waals surface area (Å²) in [6.45, 7) is 16.0. The van der Waals surface area contributed by atoms with E-state index in [-0.39, 0.29) is 23.0 Å². The minimum Gasteiger partial charge on any atom is -0.491 e. The molecule has 0 aliphatic heterocycles. The molecule has 0 heterocycles. The number of hydrogen-bond acceptors (Lipinski definition) is 4. The van der Waals surface area contributed by atoms with Crippen LogP contribution in [0.5, 0.6) is 11.5 Å². The molecule has 4 heteroatoms. The number of rotatable bonds is 13. The Bertz CT molecular complexity index is 834. The first kappa shape index (κ1) is 27.2. The second-order valence-electron chi connectivity index (χ2n) is 10.5. The molecule has 2 unspecified atom stereocenters. The van der Waals surface area contributed by atoms with Gasteiger partial charge in [0.2, 0.25) is 0 Å². The third-order valence-corrected chi connectivity index (χ3v) is 7.53. The van der Waals surface area contributed by atoms with Crippen molar-refractivity contribution < 1.29 is 14.6 Å². The molecular weight excluding hydrogens is 410 g/mol. The highest BCUT2D eigenvalue weighted by atomic mass is 16.5. The first-order chi connectivity index (χ1) is 15.5. The smallest absolute Gasteiger partial charge is 0.120 e. The summed E-state index contributed by atoms with van der Waals surface area (Å²) in [4.78, 5) is 0. The molecule has 2 aromatic carbocycles. The molecule has 2 atom stereocenters. The van der Waals surface area contributed by atoms with Crippen molar-refractivity contribution in [2.45, 2.75) is 91.3 Å². The number of nitrogens with two attached hydrogens (primary N) is 1. The minimum atomic E-state index is -0.530. The highest BCUT2D eigenvalue weighted by Gasteiger charge is 2.26. The average molecular weight is 456 g/mol. The first-order valence-electron chi connectivity index (χ1n) is 12.4. The van der Waals surface area contributed by atoms with Crippen LogP contribution in [0, 0.1) is 5.41 Å². The zero-order chi connectivity index (χ0) is 24.7. The Kier molecular flexibility index (Phi) is 9.39. The average Bonchev–Trinajstić information content (AvgIpc) is 2.83. The van der Waals surface area contributed by atoms with E-state index in [0.717, 1.165) is 30.8 Å². The van der Waals surface area contributed by atoms with Crippen molar-refractivity contribution in [1.29, 1.82) is 0 Å². The minimum absolute atomic E-state index is 0.0526. The molecule has 184 valence electrons. The lowest BCUT2D eigenvalue weighted by Crippen LogP contribution is -2.33. The van der Waals surface area contributed by atoms with Gasteiger partial charge >= 0.3 is 0 Å². The van der Waals surface area contributed by atoms with E-state index in [1.165, 1.54) is 11.1 Å². The molecule has 0 aliphatic rings. The summed E-state index contributed by atoms with van der Waals surface area (Å²) in [5, 5.41) is 10.4. The zero-order valence-corrected chi connectivity index (χ0v) is 21.8. The Morgan fingerprint density at radius 3 is 1.70 bits per heavy atom. The topological polar surface area (TPSA) is 64.7 Å². The van der Waals surface area contributed by atoms with Gasteiger partial charge in [-0.15, -0.1) is 0 Å². The summed E-state index contributed by atoms with van der Waals surface area (Å²) >= 11 is 0. The van der Waals surface area contributed by atoms with Crippen molar-refractivity contribution in [3.8, 4) is 11.5 Å². The van der Waals surface area contributed by atoms with Gasteiger partial charge in [0.05, 0.1) is 6.10 Å². The van der Waals surface area contributed by atoms with E-state index in [1.54, 1.807) is 0 Å². The van der Waals surface area contributed by atoms with Gasteiger partial charge in [0.15, 0.2) is 0 Å². The second kappa shape index (κ2) is 11.4. The van der Waals surface area contributed by atoms with Gasteiger partial charge in [0, 0.05) is 5.41 Å². The monoisotopic (exact) mass is 455 g/mol. The summed E-state index contributed by atoms with van der Waals surface area (Å²) in [6, 6.07) is 16.6. The van der Waals surface area contributed by atoms with E-state index in [0.29, 0.717) is 13.0 Å². The molecule has 0 saturated heterocycles. The van der Waals surface area contributed by atoms with Gasteiger partial charge in [-0.2, -0.15) is 0 Å². The molecule has 0 bridgehead atoms. The maximum absolute atomic E-state index is 10.4. The molecule has 33 heavy (non-hydrogen) atoms. The third-order valence-electron chi connectivity index (χ3n) is 7.53. The fourth-order valence-corrected chi connectivity index (χ4v) is 3.95. The van der Waals surface area contributed by atoms with E-state index in [9.17, 15) is 5.11 Å². The molecule has 0 aromatic heterocycles. The summed E-state index contributed by atoms with van der Waals surface area (Å²) in [5.74, 6) is 1.68. The number of aliphatic hydroxyl groups excluding tert-OH is 1. The quantitative estimate of drug-likeness (QED) is 0.363. The van der Waals surface area contributed by atoms with Crippen LogP contribution in [0.4, 0.5) is 0 Å². The lowest BCUT2D eigenvalue weighted by molar-refractivity contribution is 0.0618. The molecule has 4 nitrogen and oxygen atoms in total. The molecular formula is C29H45NO3. The fourth-order valence-electron chi connectivity index (χ4n) is 3.95. The fraction of sp³-hybridized carbons (Fsp3) is 0.586. The Morgan fingerprint density at radius 1 is 0.788 bits per heavy atom. The van der Waals surface area contributed by atoms with Crippen molar-refractivity contribution in [2.24, 2.45) is 11.1 Å². The largest absolute Gasteiger partial charge is 0.491 e. The van der Waals surface area contributed by atoms with E-state index < -0.39 is 6.10 Å². The maximum Gasteiger partial charge on any atom is 0.120 e. The summed E-state index contributed by atoms with van der Waals surface area (Å²) in [7, 11) is 0. The van der Waals surface area contributed by atoms with Crippen molar-refractivity contribution in [3.63, 3.8) is 0 Å². The van der Waals surface area contributed by atoms with Crippen molar-refractivity contribution in [2.75, 3.05) is 13.2 Å². The van der Waals surface area contributed by atoms with E-state index in [2.05, 4.69) is 84.9 Å². The third kappa shape index (κ3) is 7.22. The van der Waals surface area contributed by atoms with Gasteiger partial charge in [-0.3, -0.25) is 0 Å². The number of ether oxygens (including phenoxy) is 2. The highest BCUT2D eigenvalue weighted by molar-refractivity contribution is 5.42. The lowest BCUT2D eigenvalue weighted by Gasteiger charge is -2.30. The summed E-state index contributed by atoms with van der Waals surface area (Å²) in [6.07, 6.45) is 3.01. The van der Waals surface area contributed by atoms with Crippen LogP contribution < -0.4 is 15.2 Å². The van der Waals surface area contributed by atoms with Gasteiger partial charge in [-0.25, -0.2) is 0 Å². The van der Waals surface area contributed by atoms with Crippen molar-refractivity contribution in [3.05, 3.63) is 59.7 Å². The van der Waals surface area contributed by atoms with E-state index >= 15 is 0 Å². The van der Waals surface area contributed by atoms with Crippen LogP contribution in [0.15, 0.2) is 48.5 Å². The van der Waals surface area contributed by atoms with Gasteiger partial charge < -0.3 is 20.3 Å². The molecule has 3 N–H and O–H groups in total. The number of hydrogen-bond donors (Lipinski definition) is 2. The maximum atomic E-state index is 10.4. The SMILES string of the molecule is CCC(C)(CN)CC(O)COc1ccc(C(C)(C)c2ccc(OC(C)(CC)CC)cc2)cc1. The Labute approximate surface area is 201 Å². The van der Waals surface area contributed by atoms with E-state index in [4.69, 9.17) is 15.2 Å². The van der Waals surface area contributed by atoms with Gasteiger partial charge in [-0.05, 0) is 80.0 Å². The van der Waals surface area contributed by atoms with Crippen LogP contribution in [0.3, 0.4) is 0 Å². The predicted octanol–water partition coefficient (Wildman–Crippen LogP) is 6.47. The molecule has 2 rings (SSSR count). The number of benzene rings is 2. The van der Waals surface area contributed by atoms with Crippen LogP contribution in [0.25, 0.3) is 0 Å². The summed E-state index contributed by atoms with van der Waals surface area (Å²) < 4.78 is 12.1. The standard InChI is InChI=1S/C29H45NO3/c1-8-28(6,21-30)19-24(31)20-32-25-15-11-22(12-16-25)27(4,5)23-13-17-26(18-14-23)33-29(7,9-2)10-3/h11-18,24,31H,8-10,19-21,30H2,1-7H3. The molecule has 0 spiro atoms. The normalized spacial score (nSPS) is 15.1.